The first kappa shape index (κ1) is 13.4. The summed E-state index contributed by atoms with van der Waals surface area (Å²) in [5.41, 5.74) is 7.33. The van der Waals surface area contributed by atoms with Crippen LogP contribution >= 0.6 is 11.6 Å². The molecule has 98 valence electrons. The van der Waals surface area contributed by atoms with Gasteiger partial charge >= 0.3 is 0 Å². The van der Waals surface area contributed by atoms with Crippen LogP contribution in [0.2, 0.25) is 5.02 Å². The molecule has 1 amide bonds. The summed E-state index contributed by atoms with van der Waals surface area (Å²) in [6.07, 6.45) is 0.988. The van der Waals surface area contributed by atoms with Crippen molar-refractivity contribution in [3.05, 3.63) is 34.3 Å². The lowest BCUT2D eigenvalue weighted by molar-refractivity contribution is 0.0743. The molecule has 1 fully saturated rings. The highest BCUT2D eigenvalue weighted by atomic mass is 35.5. The molecule has 2 unspecified atom stereocenters. The standard InChI is InChI=1S/C14H19ClN2O/c1-9-3-4-12(6-13(9)15)14(18)17-8-11(7-16)5-10(17)2/h3-4,6,10-11H,5,7-8,16H2,1-2H3. The summed E-state index contributed by atoms with van der Waals surface area (Å²) in [5, 5.41) is 0.642. The quantitative estimate of drug-likeness (QED) is 0.894. The molecule has 18 heavy (non-hydrogen) atoms. The average molecular weight is 267 g/mol. The van der Waals surface area contributed by atoms with Gasteiger partial charge in [0.1, 0.15) is 0 Å². The normalized spacial score (nSPS) is 23.4. The van der Waals surface area contributed by atoms with Gasteiger partial charge in [0.15, 0.2) is 0 Å². The van der Waals surface area contributed by atoms with Crippen LogP contribution < -0.4 is 5.73 Å². The van der Waals surface area contributed by atoms with Gasteiger partial charge in [-0.1, -0.05) is 17.7 Å². The maximum Gasteiger partial charge on any atom is 0.254 e. The van der Waals surface area contributed by atoms with Gasteiger partial charge in [-0.3, -0.25) is 4.79 Å². The van der Waals surface area contributed by atoms with Crippen LogP contribution in [0, 0.1) is 12.8 Å². The largest absolute Gasteiger partial charge is 0.336 e. The highest BCUT2D eigenvalue weighted by molar-refractivity contribution is 6.31. The predicted octanol–water partition coefficient (Wildman–Crippen LogP) is 2.46. The molecule has 1 saturated heterocycles. The zero-order chi connectivity index (χ0) is 13.3. The smallest absolute Gasteiger partial charge is 0.254 e. The highest BCUT2D eigenvalue weighted by Gasteiger charge is 2.32. The van der Waals surface area contributed by atoms with Crippen LogP contribution in [0.4, 0.5) is 0 Å². The van der Waals surface area contributed by atoms with Crippen molar-refractivity contribution in [1.29, 1.82) is 0 Å². The van der Waals surface area contributed by atoms with E-state index in [1.54, 1.807) is 6.07 Å². The van der Waals surface area contributed by atoms with Crippen LogP contribution in [0.3, 0.4) is 0 Å². The van der Waals surface area contributed by atoms with E-state index < -0.39 is 0 Å². The Morgan fingerprint density at radius 1 is 1.56 bits per heavy atom. The van der Waals surface area contributed by atoms with Gasteiger partial charge in [-0.15, -0.1) is 0 Å². The lowest BCUT2D eigenvalue weighted by Crippen LogP contribution is -2.34. The van der Waals surface area contributed by atoms with E-state index in [0.29, 0.717) is 23.0 Å². The predicted molar refractivity (Wildman–Crippen MR) is 73.8 cm³/mol. The number of hydrogen-bond acceptors (Lipinski definition) is 2. The minimum Gasteiger partial charge on any atom is -0.336 e. The summed E-state index contributed by atoms with van der Waals surface area (Å²) >= 11 is 6.07. The van der Waals surface area contributed by atoms with Crippen molar-refractivity contribution in [2.45, 2.75) is 26.3 Å². The van der Waals surface area contributed by atoms with E-state index >= 15 is 0 Å². The summed E-state index contributed by atoms with van der Waals surface area (Å²) in [6, 6.07) is 5.73. The Labute approximate surface area is 113 Å². The van der Waals surface area contributed by atoms with Gasteiger partial charge in [0, 0.05) is 23.2 Å². The Balaban J connectivity index is 2.18. The lowest BCUT2D eigenvalue weighted by atomic mass is 10.1. The molecule has 1 aliphatic heterocycles. The van der Waals surface area contributed by atoms with E-state index in [1.165, 1.54) is 0 Å². The van der Waals surface area contributed by atoms with Gasteiger partial charge < -0.3 is 10.6 Å². The van der Waals surface area contributed by atoms with Crippen LogP contribution in [-0.4, -0.2) is 29.9 Å². The summed E-state index contributed by atoms with van der Waals surface area (Å²) in [4.78, 5) is 14.3. The first-order chi connectivity index (χ1) is 8.52. The first-order valence-electron chi connectivity index (χ1n) is 6.30. The number of likely N-dealkylation sites (tertiary alicyclic amines) is 1. The number of benzene rings is 1. The molecule has 0 aromatic heterocycles. The number of nitrogens with two attached hydrogens (primary N) is 1. The van der Waals surface area contributed by atoms with Gasteiger partial charge in [0.25, 0.3) is 5.91 Å². The number of carbonyl (C=O) groups is 1. The van der Waals surface area contributed by atoms with Crippen molar-refractivity contribution < 1.29 is 4.79 Å². The molecule has 2 atom stereocenters. The molecule has 2 rings (SSSR count). The third-order valence-corrected chi connectivity index (χ3v) is 4.08. The molecule has 4 heteroatoms. The third-order valence-electron chi connectivity index (χ3n) is 3.67. The fraction of sp³-hybridized carbons (Fsp3) is 0.500. The molecule has 1 aromatic carbocycles. The summed E-state index contributed by atoms with van der Waals surface area (Å²) in [5.74, 6) is 0.477. The number of amides is 1. The van der Waals surface area contributed by atoms with Crippen molar-refractivity contribution in [3.63, 3.8) is 0 Å². The van der Waals surface area contributed by atoms with Crippen molar-refractivity contribution >= 4 is 17.5 Å². The number of nitrogens with zero attached hydrogens (tertiary/aromatic N) is 1. The Morgan fingerprint density at radius 2 is 2.28 bits per heavy atom. The van der Waals surface area contributed by atoms with Crippen molar-refractivity contribution in [2.75, 3.05) is 13.1 Å². The third kappa shape index (κ3) is 2.52. The molecular formula is C14H19ClN2O. The number of aryl methyl sites for hydroxylation is 1. The van der Waals surface area contributed by atoms with Crippen molar-refractivity contribution in [2.24, 2.45) is 11.7 Å². The monoisotopic (exact) mass is 266 g/mol. The molecule has 1 aliphatic rings. The molecule has 2 N–H and O–H groups in total. The van der Waals surface area contributed by atoms with E-state index in [1.807, 2.05) is 24.0 Å². The fourth-order valence-electron chi connectivity index (χ4n) is 2.49. The van der Waals surface area contributed by atoms with Gasteiger partial charge in [-0.05, 0) is 50.4 Å². The lowest BCUT2D eigenvalue weighted by Gasteiger charge is -2.21. The summed E-state index contributed by atoms with van der Waals surface area (Å²) in [6.45, 7) is 5.40. The van der Waals surface area contributed by atoms with E-state index in [9.17, 15) is 4.79 Å². The van der Waals surface area contributed by atoms with Gasteiger partial charge in [-0.25, -0.2) is 0 Å². The number of rotatable bonds is 2. The molecule has 3 nitrogen and oxygen atoms in total. The minimum absolute atomic E-state index is 0.0559. The minimum atomic E-state index is 0.0559. The van der Waals surface area contributed by atoms with Crippen molar-refractivity contribution in [1.82, 2.24) is 4.90 Å². The van der Waals surface area contributed by atoms with Crippen LogP contribution in [0.5, 0.6) is 0 Å². The van der Waals surface area contributed by atoms with E-state index in [4.69, 9.17) is 17.3 Å². The Hall–Kier alpha value is -1.06. The SMILES string of the molecule is Cc1ccc(C(=O)N2CC(CN)CC2C)cc1Cl. The number of halogens is 1. The summed E-state index contributed by atoms with van der Waals surface area (Å²) < 4.78 is 0. The highest BCUT2D eigenvalue weighted by Crippen LogP contribution is 2.25. The first-order valence-corrected chi connectivity index (χ1v) is 6.68. The number of hydrogen-bond donors (Lipinski definition) is 1. The van der Waals surface area contributed by atoms with Crippen LogP contribution in [0.25, 0.3) is 0 Å². The molecule has 0 bridgehead atoms. The Bertz CT molecular complexity index is 461. The maximum atomic E-state index is 12.4. The Morgan fingerprint density at radius 3 is 2.83 bits per heavy atom. The molecule has 0 spiro atoms. The molecule has 0 saturated carbocycles. The molecular weight excluding hydrogens is 248 g/mol. The van der Waals surface area contributed by atoms with Crippen molar-refractivity contribution in [3.8, 4) is 0 Å². The zero-order valence-electron chi connectivity index (χ0n) is 10.8. The van der Waals surface area contributed by atoms with E-state index in [-0.39, 0.29) is 11.9 Å². The van der Waals surface area contributed by atoms with Gasteiger partial charge in [-0.2, -0.15) is 0 Å². The molecule has 1 heterocycles. The van der Waals surface area contributed by atoms with E-state index in [2.05, 4.69) is 6.92 Å². The van der Waals surface area contributed by atoms with Crippen LogP contribution in [-0.2, 0) is 0 Å². The Kier molecular flexibility index (Phi) is 3.93. The second-order valence-corrected chi connectivity index (χ2v) is 5.52. The van der Waals surface area contributed by atoms with Crippen LogP contribution in [0.1, 0.15) is 29.3 Å². The maximum absolute atomic E-state index is 12.4. The van der Waals surface area contributed by atoms with Crippen LogP contribution in [0.15, 0.2) is 18.2 Å². The van der Waals surface area contributed by atoms with Gasteiger partial charge in [0.05, 0.1) is 0 Å². The second-order valence-electron chi connectivity index (χ2n) is 5.11. The fourth-order valence-corrected chi connectivity index (χ4v) is 2.67. The molecule has 0 radical (unpaired) electrons. The topological polar surface area (TPSA) is 46.3 Å². The molecule has 0 aliphatic carbocycles. The van der Waals surface area contributed by atoms with E-state index in [0.717, 1.165) is 18.5 Å². The second kappa shape index (κ2) is 5.29. The van der Waals surface area contributed by atoms with Gasteiger partial charge in [0.2, 0.25) is 0 Å². The number of carbonyl (C=O) groups excluding carboxylic acids is 1. The average Bonchev–Trinajstić information content (AvgIpc) is 2.73. The summed E-state index contributed by atoms with van der Waals surface area (Å²) in [7, 11) is 0. The molecule has 1 aromatic rings. The zero-order valence-corrected chi connectivity index (χ0v) is 11.6.